The highest BCUT2D eigenvalue weighted by Gasteiger charge is 2.10. The Kier molecular flexibility index (Phi) is 5.59. The van der Waals surface area contributed by atoms with E-state index in [0.717, 1.165) is 11.1 Å². The highest BCUT2D eigenvalue weighted by molar-refractivity contribution is 6.35. The zero-order valence-electron chi connectivity index (χ0n) is 11.6. The molecule has 0 saturated carbocycles. The lowest BCUT2D eigenvalue weighted by atomic mass is 10.1. The molecule has 0 spiro atoms. The van der Waals surface area contributed by atoms with Crippen LogP contribution in [0.25, 0.3) is 0 Å². The lowest BCUT2D eigenvalue weighted by molar-refractivity contribution is -0.121. The van der Waals surface area contributed by atoms with E-state index in [4.69, 9.17) is 23.2 Å². The van der Waals surface area contributed by atoms with E-state index in [1.165, 1.54) is 0 Å². The van der Waals surface area contributed by atoms with Gasteiger partial charge in [-0.1, -0.05) is 35.3 Å². The highest BCUT2D eigenvalue weighted by atomic mass is 35.5. The zero-order valence-corrected chi connectivity index (χ0v) is 13.2. The number of amides is 1. The molecule has 0 bridgehead atoms. The van der Waals surface area contributed by atoms with Crippen LogP contribution < -0.4 is 5.32 Å². The summed E-state index contributed by atoms with van der Waals surface area (Å²) in [6.07, 6.45) is 4.43. The molecule has 1 N–H and O–H groups in total. The van der Waals surface area contributed by atoms with Gasteiger partial charge in [0.05, 0.1) is 6.04 Å². The standard InChI is InChI=1S/C16H16Cl2N2O/c1-11(13-3-2-8-19-10-13)20-16(21)7-5-12-4-6-14(17)9-15(12)18/h2-4,6,8-11H,5,7H2,1H3,(H,20,21). The Balaban J connectivity index is 1.87. The van der Waals surface area contributed by atoms with Crippen molar-refractivity contribution in [1.29, 1.82) is 0 Å². The van der Waals surface area contributed by atoms with Gasteiger partial charge in [-0.25, -0.2) is 0 Å². The number of hydrogen-bond donors (Lipinski definition) is 1. The predicted molar refractivity (Wildman–Crippen MR) is 85.6 cm³/mol. The lowest BCUT2D eigenvalue weighted by Crippen LogP contribution is -2.26. The van der Waals surface area contributed by atoms with Crippen LogP contribution in [0.3, 0.4) is 0 Å². The fourth-order valence-corrected chi connectivity index (χ4v) is 2.50. The molecule has 110 valence electrons. The molecule has 2 rings (SSSR count). The molecular formula is C16H16Cl2N2O. The van der Waals surface area contributed by atoms with Gasteiger partial charge in [0.2, 0.25) is 5.91 Å². The van der Waals surface area contributed by atoms with Gasteiger partial charge in [-0.15, -0.1) is 0 Å². The second kappa shape index (κ2) is 7.43. The van der Waals surface area contributed by atoms with Crippen molar-refractivity contribution in [1.82, 2.24) is 10.3 Å². The molecule has 5 heteroatoms. The van der Waals surface area contributed by atoms with Crippen molar-refractivity contribution in [2.24, 2.45) is 0 Å². The van der Waals surface area contributed by atoms with Crippen LogP contribution in [0.2, 0.25) is 10.0 Å². The maximum absolute atomic E-state index is 12.0. The molecule has 1 amide bonds. The van der Waals surface area contributed by atoms with E-state index in [0.29, 0.717) is 22.9 Å². The van der Waals surface area contributed by atoms with E-state index >= 15 is 0 Å². The van der Waals surface area contributed by atoms with Crippen LogP contribution in [0.5, 0.6) is 0 Å². The maximum Gasteiger partial charge on any atom is 0.220 e. The van der Waals surface area contributed by atoms with E-state index < -0.39 is 0 Å². The minimum absolute atomic E-state index is 0.0163. The molecule has 0 aliphatic carbocycles. The Morgan fingerprint density at radius 1 is 1.33 bits per heavy atom. The maximum atomic E-state index is 12.0. The number of aromatic nitrogens is 1. The summed E-state index contributed by atoms with van der Waals surface area (Å²) >= 11 is 11.9. The summed E-state index contributed by atoms with van der Waals surface area (Å²) in [6, 6.07) is 9.04. The van der Waals surface area contributed by atoms with Crippen LogP contribution >= 0.6 is 23.2 Å². The zero-order chi connectivity index (χ0) is 15.2. The van der Waals surface area contributed by atoms with Gasteiger partial charge in [-0.2, -0.15) is 0 Å². The Morgan fingerprint density at radius 3 is 2.81 bits per heavy atom. The number of hydrogen-bond acceptors (Lipinski definition) is 2. The largest absolute Gasteiger partial charge is 0.350 e. The molecule has 1 atom stereocenters. The second-order valence-corrected chi connectivity index (χ2v) is 5.65. The minimum Gasteiger partial charge on any atom is -0.350 e. The van der Waals surface area contributed by atoms with Crippen molar-refractivity contribution < 1.29 is 4.79 Å². The van der Waals surface area contributed by atoms with Gasteiger partial charge in [0.15, 0.2) is 0 Å². The molecular weight excluding hydrogens is 307 g/mol. The number of rotatable bonds is 5. The monoisotopic (exact) mass is 322 g/mol. The predicted octanol–water partition coefficient (Wildman–Crippen LogP) is 4.20. The third-order valence-corrected chi connectivity index (χ3v) is 3.79. The van der Waals surface area contributed by atoms with Gasteiger partial charge >= 0.3 is 0 Å². The second-order valence-electron chi connectivity index (χ2n) is 4.81. The number of halogens is 2. The summed E-state index contributed by atoms with van der Waals surface area (Å²) in [5.74, 6) is -0.0163. The van der Waals surface area contributed by atoms with E-state index in [-0.39, 0.29) is 11.9 Å². The Morgan fingerprint density at radius 2 is 2.14 bits per heavy atom. The first-order valence-electron chi connectivity index (χ1n) is 6.69. The third kappa shape index (κ3) is 4.73. The van der Waals surface area contributed by atoms with Crippen LogP contribution in [0, 0.1) is 0 Å². The summed E-state index contributed by atoms with van der Waals surface area (Å²) in [5, 5.41) is 4.14. The summed E-state index contributed by atoms with van der Waals surface area (Å²) in [6.45, 7) is 1.93. The summed E-state index contributed by atoms with van der Waals surface area (Å²) in [5.41, 5.74) is 1.90. The van der Waals surface area contributed by atoms with Gasteiger partial charge in [0, 0.05) is 28.9 Å². The first-order chi connectivity index (χ1) is 10.1. The number of aryl methyl sites for hydroxylation is 1. The lowest BCUT2D eigenvalue weighted by Gasteiger charge is -2.14. The minimum atomic E-state index is -0.0631. The summed E-state index contributed by atoms with van der Waals surface area (Å²) in [4.78, 5) is 16.0. The molecule has 1 aromatic carbocycles. The Labute approximate surface area is 134 Å². The van der Waals surface area contributed by atoms with Crippen LogP contribution in [0.1, 0.15) is 30.5 Å². The van der Waals surface area contributed by atoms with Crippen molar-refractivity contribution >= 4 is 29.1 Å². The molecule has 0 saturated heterocycles. The van der Waals surface area contributed by atoms with Crippen LogP contribution in [0.4, 0.5) is 0 Å². The Hall–Kier alpha value is -1.58. The molecule has 1 unspecified atom stereocenters. The van der Waals surface area contributed by atoms with E-state index in [1.54, 1.807) is 24.5 Å². The SMILES string of the molecule is CC(NC(=O)CCc1ccc(Cl)cc1Cl)c1cccnc1. The molecule has 0 fully saturated rings. The van der Waals surface area contributed by atoms with Crippen molar-refractivity contribution in [3.05, 3.63) is 63.9 Å². The topological polar surface area (TPSA) is 42.0 Å². The van der Waals surface area contributed by atoms with E-state index in [1.807, 2.05) is 25.1 Å². The van der Waals surface area contributed by atoms with Crippen molar-refractivity contribution in [2.45, 2.75) is 25.8 Å². The normalized spacial score (nSPS) is 12.0. The molecule has 3 nitrogen and oxygen atoms in total. The fourth-order valence-electron chi connectivity index (χ4n) is 2.00. The van der Waals surface area contributed by atoms with E-state index in [2.05, 4.69) is 10.3 Å². The number of carbonyl (C=O) groups excluding carboxylic acids is 1. The summed E-state index contributed by atoms with van der Waals surface area (Å²) < 4.78 is 0. The first-order valence-corrected chi connectivity index (χ1v) is 7.45. The molecule has 1 aromatic heterocycles. The highest BCUT2D eigenvalue weighted by Crippen LogP contribution is 2.22. The van der Waals surface area contributed by atoms with Gasteiger partial charge in [-0.05, 0) is 42.7 Å². The first kappa shape index (κ1) is 15.8. The molecule has 0 aliphatic rings. The third-order valence-electron chi connectivity index (χ3n) is 3.20. The van der Waals surface area contributed by atoms with Gasteiger partial charge < -0.3 is 5.32 Å². The fraction of sp³-hybridized carbons (Fsp3) is 0.250. The van der Waals surface area contributed by atoms with E-state index in [9.17, 15) is 4.79 Å². The average Bonchev–Trinajstić information content (AvgIpc) is 2.47. The molecule has 21 heavy (non-hydrogen) atoms. The number of benzene rings is 1. The molecule has 0 radical (unpaired) electrons. The number of nitrogens with zero attached hydrogens (tertiary/aromatic N) is 1. The quantitative estimate of drug-likeness (QED) is 0.896. The number of nitrogens with one attached hydrogen (secondary N) is 1. The average molecular weight is 323 g/mol. The molecule has 1 heterocycles. The van der Waals surface area contributed by atoms with Gasteiger partial charge in [0.25, 0.3) is 0 Å². The van der Waals surface area contributed by atoms with Gasteiger partial charge in [0.1, 0.15) is 0 Å². The smallest absolute Gasteiger partial charge is 0.220 e. The van der Waals surface area contributed by atoms with Gasteiger partial charge in [-0.3, -0.25) is 9.78 Å². The Bertz CT molecular complexity index is 617. The molecule has 2 aromatic rings. The number of carbonyl (C=O) groups is 1. The van der Waals surface area contributed by atoms with Crippen LogP contribution in [-0.2, 0) is 11.2 Å². The van der Waals surface area contributed by atoms with Crippen molar-refractivity contribution in [2.75, 3.05) is 0 Å². The molecule has 0 aliphatic heterocycles. The van der Waals surface area contributed by atoms with Crippen molar-refractivity contribution in [3.63, 3.8) is 0 Å². The number of pyridine rings is 1. The van der Waals surface area contributed by atoms with Crippen LogP contribution in [-0.4, -0.2) is 10.9 Å². The van der Waals surface area contributed by atoms with Crippen molar-refractivity contribution in [3.8, 4) is 0 Å². The van der Waals surface area contributed by atoms with Crippen LogP contribution in [0.15, 0.2) is 42.7 Å². The summed E-state index contributed by atoms with van der Waals surface area (Å²) in [7, 11) is 0.